The van der Waals surface area contributed by atoms with Crippen molar-refractivity contribution in [3.8, 4) is 0 Å². The first-order valence-electron chi connectivity index (χ1n) is 7.97. The van der Waals surface area contributed by atoms with E-state index in [1.807, 2.05) is 6.92 Å². The fraction of sp³-hybridized carbons (Fsp3) is 0.278. The minimum atomic E-state index is -3.46. The van der Waals surface area contributed by atoms with E-state index in [0.29, 0.717) is 27.8 Å². The maximum atomic E-state index is 12.1. The molecule has 2 rings (SSSR count). The number of rotatable bonds is 7. The Morgan fingerprint density at radius 3 is 2.38 bits per heavy atom. The third-order valence-electron chi connectivity index (χ3n) is 3.82. The number of amides is 1. The molecule has 0 aliphatic carbocycles. The third-order valence-corrected chi connectivity index (χ3v) is 5.68. The molecule has 0 unspecified atom stereocenters. The lowest BCUT2D eigenvalue weighted by Gasteiger charge is -2.22. The first-order valence-corrected chi connectivity index (χ1v) is 10.6. The molecule has 8 heteroatoms. The lowest BCUT2D eigenvalue weighted by molar-refractivity contribution is -0.116. The normalized spacial score (nSPS) is 11.2. The van der Waals surface area contributed by atoms with Crippen molar-refractivity contribution in [3.05, 3.63) is 58.1 Å². The van der Waals surface area contributed by atoms with Crippen LogP contribution in [0.3, 0.4) is 0 Å². The number of sulfonamides is 1. The van der Waals surface area contributed by atoms with E-state index in [-0.39, 0.29) is 18.9 Å². The number of benzene rings is 2. The number of hydrogen-bond donors (Lipinski definition) is 1. The molecule has 1 N–H and O–H groups in total. The monoisotopic (exact) mass is 414 g/mol. The summed E-state index contributed by atoms with van der Waals surface area (Å²) in [5.74, 6) is -0.195. The number of anilines is 2. The van der Waals surface area contributed by atoms with Gasteiger partial charge in [-0.15, -0.1) is 0 Å². The Labute approximate surface area is 164 Å². The van der Waals surface area contributed by atoms with E-state index >= 15 is 0 Å². The van der Waals surface area contributed by atoms with Crippen molar-refractivity contribution < 1.29 is 13.2 Å². The van der Waals surface area contributed by atoms with Gasteiger partial charge in [0, 0.05) is 28.7 Å². The van der Waals surface area contributed by atoms with Crippen LogP contribution in [0.1, 0.15) is 18.4 Å². The maximum absolute atomic E-state index is 12.1. The van der Waals surface area contributed by atoms with Crippen LogP contribution in [0, 0.1) is 6.92 Å². The van der Waals surface area contributed by atoms with E-state index in [1.165, 1.54) is 4.31 Å². The van der Waals surface area contributed by atoms with Gasteiger partial charge < -0.3 is 5.32 Å². The fourth-order valence-corrected chi connectivity index (χ4v) is 3.70. The van der Waals surface area contributed by atoms with E-state index in [4.69, 9.17) is 23.2 Å². The molecule has 26 heavy (non-hydrogen) atoms. The van der Waals surface area contributed by atoms with Crippen molar-refractivity contribution in [1.82, 2.24) is 0 Å². The SMILES string of the molecule is Cc1c(Cl)cccc1NC(=O)CCCN(c1ccc(Cl)cc1)S(C)(=O)=O. The van der Waals surface area contributed by atoms with Gasteiger partial charge >= 0.3 is 0 Å². The van der Waals surface area contributed by atoms with Crippen LogP contribution in [0.4, 0.5) is 11.4 Å². The predicted octanol–water partition coefficient (Wildman–Crippen LogP) is 4.49. The Bertz CT molecular complexity index is 884. The lowest BCUT2D eigenvalue weighted by Crippen LogP contribution is -2.31. The van der Waals surface area contributed by atoms with Gasteiger partial charge in [0.25, 0.3) is 0 Å². The molecule has 0 aliphatic heterocycles. The van der Waals surface area contributed by atoms with E-state index in [0.717, 1.165) is 11.8 Å². The summed E-state index contributed by atoms with van der Waals surface area (Å²) in [4.78, 5) is 12.1. The zero-order valence-corrected chi connectivity index (χ0v) is 16.8. The van der Waals surface area contributed by atoms with Crippen molar-refractivity contribution in [2.75, 3.05) is 22.4 Å². The summed E-state index contributed by atoms with van der Waals surface area (Å²) < 4.78 is 25.4. The van der Waals surface area contributed by atoms with Crippen LogP contribution in [0.2, 0.25) is 10.0 Å². The molecule has 0 fully saturated rings. The highest BCUT2D eigenvalue weighted by Crippen LogP contribution is 2.24. The van der Waals surface area contributed by atoms with Crippen LogP contribution in [-0.4, -0.2) is 27.1 Å². The van der Waals surface area contributed by atoms with Gasteiger partial charge in [0.1, 0.15) is 0 Å². The predicted molar refractivity (Wildman–Crippen MR) is 108 cm³/mol. The van der Waals surface area contributed by atoms with Crippen molar-refractivity contribution in [2.45, 2.75) is 19.8 Å². The molecule has 2 aromatic carbocycles. The summed E-state index contributed by atoms with van der Waals surface area (Å²) in [6, 6.07) is 11.8. The second-order valence-corrected chi connectivity index (χ2v) is 8.63. The standard InChI is InChI=1S/C18H20Cl2N2O3S/c1-13-16(20)5-3-6-17(13)21-18(23)7-4-12-22(26(2,24)25)15-10-8-14(19)9-11-15/h3,5-6,8-11H,4,7,12H2,1-2H3,(H,21,23). The van der Waals surface area contributed by atoms with E-state index in [9.17, 15) is 13.2 Å². The topological polar surface area (TPSA) is 66.5 Å². The van der Waals surface area contributed by atoms with E-state index in [1.54, 1.807) is 42.5 Å². The first kappa shape index (κ1) is 20.6. The number of carbonyl (C=O) groups is 1. The van der Waals surface area contributed by atoms with Gasteiger partial charge in [-0.2, -0.15) is 0 Å². The summed E-state index contributed by atoms with van der Waals surface area (Å²) in [5.41, 5.74) is 1.96. The Kier molecular flexibility index (Phi) is 6.92. The summed E-state index contributed by atoms with van der Waals surface area (Å²) in [5, 5.41) is 3.91. The lowest BCUT2D eigenvalue weighted by atomic mass is 10.2. The minimum absolute atomic E-state index is 0.186. The average Bonchev–Trinajstić information content (AvgIpc) is 2.56. The molecule has 0 atom stereocenters. The quantitative estimate of drug-likeness (QED) is 0.725. The molecule has 0 saturated heterocycles. The van der Waals surface area contributed by atoms with Crippen molar-refractivity contribution in [3.63, 3.8) is 0 Å². The van der Waals surface area contributed by atoms with Gasteiger partial charge in [-0.05, 0) is 55.3 Å². The summed E-state index contributed by atoms with van der Waals surface area (Å²) in [6.45, 7) is 2.02. The molecule has 1 amide bonds. The van der Waals surface area contributed by atoms with Crippen LogP contribution < -0.4 is 9.62 Å². The summed E-state index contributed by atoms with van der Waals surface area (Å²) >= 11 is 11.9. The molecule has 0 radical (unpaired) electrons. The molecule has 2 aromatic rings. The second-order valence-electron chi connectivity index (χ2n) is 5.88. The van der Waals surface area contributed by atoms with Crippen molar-refractivity contribution >= 4 is 50.5 Å². The fourth-order valence-electron chi connectivity index (χ4n) is 2.43. The molecule has 5 nitrogen and oxygen atoms in total. The van der Waals surface area contributed by atoms with Crippen molar-refractivity contribution in [1.29, 1.82) is 0 Å². The first-order chi connectivity index (χ1) is 12.2. The highest BCUT2D eigenvalue weighted by molar-refractivity contribution is 7.92. The van der Waals surface area contributed by atoms with Gasteiger partial charge in [-0.3, -0.25) is 9.10 Å². The second kappa shape index (κ2) is 8.75. The largest absolute Gasteiger partial charge is 0.326 e. The molecule has 0 saturated carbocycles. The highest BCUT2D eigenvalue weighted by Gasteiger charge is 2.17. The van der Waals surface area contributed by atoms with Crippen LogP contribution in [0.5, 0.6) is 0 Å². The van der Waals surface area contributed by atoms with Gasteiger partial charge in [-0.25, -0.2) is 8.42 Å². The molecule has 0 spiro atoms. The van der Waals surface area contributed by atoms with Crippen molar-refractivity contribution in [2.24, 2.45) is 0 Å². The van der Waals surface area contributed by atoms with Gasteiger partial charge in [0.05, 0.1) is 11.9 Å². The summed E-state index contributed by atoms with van der Waals surface area (Å²) in [7, 11) is -3.46. The van der Waals surface area contributed by atoms with Crippen LogP contribution in [0.25, 0.3) is 0 Å². The minimum Gasteiger partial charge on any atom is -0.326 e. The third kappa shape index (κ3) is 5.62. The molecule has 0 aliphatic rings. The Hall–Kier alpha value is -1.76. The Morgan fingerprint density at radius 2 is 1.77 bits per heavy atom. The molecular formula is C18H20Cl2N2O3S. The molecule has 0 aromatic heterocycles. The molecular weight excluding hydrogens is 395 g/mol. The molecule has 0 heterocycles. The average molecular weight is 415 g/mol. The Morgan fingerprint density at radius 1 is 1.12 bits per heavy atom. The number of nitrogens with one attached hydrogen (secondary N) is 1. The molecule has 0 bridgehead atoms. The van der Waals surface area contributed by atoms with Crippen LogP contribution in [-0.2, 0) is 14.8 Å². The number of halogens is 2. The highest BCUT2D eigenvalue weighted by atomic mass is 35.5. The van der Waals surface area contributed by atoms with Gasteiger partial charge in [-0.1, -0.05) is 29.3 Å². The maximum Gasteiger partial charge on any atom is 0.232 e. The van der Waals surface area contributed by atoms with Crippen LogP contribution in [0.15, 0.2) is 42.5 Å². The van der Waals surface area contributed by atoms with E-state index < -0.39 is 10.0 Å². The van der Waals surface area contributed by atoms with E-state index in [2.05, 4.69) is 5.32 Å². The zero-order chi connectivity index (χ0) is 19.3. The van der Waals surface area contributed by atoms with Gasteiger partial charge in [0.15, 0.2) is 0 Å². The number of hydrogen-bond acceptors (Lipinski definition) is 3. The smallest absolute Gasteiger partial charge is 0.232 e. The zero-order valence-electron chi connectivity index (χ0n) is 14.5. The Balaban J connectivity index is 1.98. The van der Waals surface area contributed by atoms with Gasteiger partial charge in [0.2, 0.25) is 15.9 Å². The number of nitrogens with zero attached hydrogens (tertiary/aromatic N) is 1. The number of carbonyl (C=O) groups excluding carboxylic acids is 1. The summed E-state index contributed by atoms with van der Waals surface area (Å²) in [6.07, 6.45) is 1.70. The molecule has 140 valence electrons. The van der Waals surface area contributed by atoms with Crippen LogP contribution >= 0.6 is 23.2 Å².